The largest absolute Gasteiger partial charge is 0.480 e. The molecule has 36 heavy (non-hydrogen) atoms. The second kappa shape index (κ2) is 10.8. The molecular formula is C27H17Cl2F2NO4. The summed E-state index contributed by atoms with van der Waals surface area (Å²) in [6, 6.07) is 18.2. The lowest BCUT2D eigenvalue weighted by Gasteiger charge is -2.15. The molecule has 182 valence electrons. The van der Waals surface area contributed by atoms with Crippen molar-refractivity contribution in [2.24, 2.45) is 0 Å². The molecule has 1 heterocycles. The maximum Gasteiger partial charge on any atom is 0.387 e. The van der Waals surface area contributed by atoms with Gasteiger partial charge in [0.25, 0.3) is 0 Å². The summed E-state index contributed by atoms with van der Waals surface area (Å²) in [4.78, 5) is 26.8. The van der Waals surface area contributed by atoms with Crippen LogP contribution in [-0.4, -0.2) is 31.3 Å². The van der Waals surface area contributed by atoms with Gasteiger partial charge in [0.05, 0.1) is 34.0 Å². The predicted molar refractivity (Wildman–Crippen MR) is 135 cm³/mol. The standard InChI is InChI=1S/C27H17Cl2F2NO4/c1-35-26-17(14-34)10-11-22(32-26)21-7-3-6-20(25(21)29)19-5-2-4-18(24(19)28)15-8-9-16(13-33)23(12-15)36-27(30)31/h2-14,27H,1H3. The fraction of sp³-hybridized carbons (Fsp3) is 0.0741. The van der Waals surface area contributed by atoms with Gasteiger partial charge in [-0.05, 0) is 29.8 Å². The van der Waals surface area contributed by atoms with Gasteiger partial charge in [0.1, 0.15) is 5.75 Å². The Balaban J connectivity index is 1.81. The van der Waals surface area contributed by atoms with Gasteiger partial charge in [0.2, 0.25) is 5.88 Å². The molecule has 0 unspecified atom stereocenters. The first kappa shape index (κ1) is 25.3. The van der Waals surface area contributed by atoms with Gasteiger partial charge in [0.15, 0.2) is 12.6 Å². The summed E-state index contributed by atoms with van der Waals surface area (Å²) < 4.78 is 35.4. The van der Waals surface area contributed by atoms with E-state index in [0.29, 0.717) is 61.7 Å². The van der Waals surface area contributed by atoms with Crippen molar-refractivity contribution in [3.63, 3.8) is 0 Å². The van der Waals surface area contributed by atoms with E-state index in [9.17, 15) is 18.4 Å². The number of ether oxygens (including phenoxy) is 2. The lowest BCUT2D eigenvalue weighted by atomic mass is 9.96. The Morgan fingerprint density at radius 2 is 1.39 bits per heavy atom. The highest BCUT2D eigenvalue weighted by atomic mass is 35.5. The van der Waals surface area contributed by atoms with Crippen molar-refractivity contribution in [1.82, 2.24) is 4.98 Å². The van der Waals surface area contributed by atoms with Gasteiger partial charge in [-0.2, -0.15) is 8.78 Å². The van der Waals surface area contributed by atoms with E-state index in [1.807, 2.05) is 0 Å². The van der Waals surface area contributed by atoms with Crippen LogP contribution in [0.25, 0.3) is 33.5 Å². The lowest BCUT2D eigenvalue weighted by molar-refractivity contribution is -0.0500. The summed E-state index contributed by atoms with van der Waals surface area (Å²) in [5.41, 5.74) is 3.59. The molecule has 0 aliphatic rings. The number of aromatic nitrogens is 1. The molecule has 9 heteroatoms. The third-order valence-electron chi connectivity index (χ3n) is 5.44. The van der Waals surface area contributed by atoms with Gasteiger partial charge in [0, 0.05) is 22.3 Å². The van der Waals surface area contributed by atoms with Crippen molar-refractivity contribution in [3.05, 3.63) is 87.9 Å². The third kappa shape index (κ3) is 4.94. The molecule has 0 bridgehead atoms. The van der Waals surface area contributed by atoms with Crippen molar-refractivity contribution in [1.29, 1.82) is 0 Å². The molecule has 0 spiro atoms. The van der Waals surface area contributed by atoms with Crippen LogP contribution in [0, 0.1) is 0 Å². The number of methoxy groups -OCH3 is 1. The van der Waals surface area contributed by atoms with Crippen molar-refractivity contribution in [3.8, 4) is 45.1 Å². The van der Waals surface area contributed by atoms with Crippen LogP contribution in [0.5, 0.6) is 11.6 Å². The Bertz CT molecular complexity index is 1460. The highest BCUT2D eigenvalue weighted by molar-refractivity contribution is 6.39. The van der Waals surface area contributed by atoms with Crippen LogP contribution < -0.4 is 9.47 Å². The second-order valence-electron chi connectivity index (χ2n) is 7.50. The highest BCUT2D eigenvalue weighted by Gasteiger charge is 2.18. The molecule has 3 aromatic carbocycles. The Labute approximate surface area is 215 Å². The molecule has 5 nitrogen and oxygen atoms in total. The molecule has 0 saturated heterocycles. The predicted octanol–water partition coefficient (Wildman–Crippen LogP) is 7.62. The van der Waals surface area contributed by atoms with E-state index in [2.05, 4.69) is 9.72 Å². The van der Waals surface area contributed by atoms with Crippen molar-refractivity contribution < 1.29 is 27.8 Å². The average molecular weight is 528 g/mol. The topological polar surface area (TPSA) is 65.5 Å². The summed E-state index contributed by atoms with van der Waals surface area (Å²) in [7, 11) is 1.42. The number of alkyl halides is 2. The van der Waals surface area contributed by atoms with E-state index in [-0.39, 0.29) is 17.2 Å². The Hall–Kier alpha value is -3.81. The minimum atomic E-state index is -3.09. The molecule has 0 amide bonds. The first-order valence-electron chi connectivity index (χ1n) is 10.5. The van der Waals surface area contributed by atoms with Crippen molar-refractivity contribution >= 4 is 35.8 Å². The number of nitrogens with zero attached hydrogens (tertiary/aromatic N) is 1. The zero-order chi connectivity index (χ0) is 25.8. The van der Waals surface area contributed by atoms with Gasteiger partial charge in [-0.1, -0.05) is 65.7 Å². The van der Waals surface area contributed by atoms with E-state index >= 15 is 0 Å². The summed E-state index contributed by atoms with van der Waals surface area (Å²) in [6.07, 6.45) is 1.09. The number of pyridine rings is 1. The van der Waals surface area contributed by atoms with Crippen molar-refractivity contribution in [2.45, 2.75) is 6.61 Å². The summed E-state index contributed by atoms with van der Waals surface area (Å²) >= 11 is 13.6. The number of rotatable bonds is 8. The number of aldehydes is 2. The van der Waals surface area contributed by atoms with E-state index in [1.165, 1.54) is 19.2 Å². The first-order chi connectivity index (χ1) is 17.4. The molecule has 0 atom stereocenters. The second-order valence-corrected chi connectivity index (χ2v) is 8.25. The molecule has 1 aromatic heterocycles. The van der Waals surface area contributed by atoms with E-state index in [0.717, 1.165) is 0 Å². The van der Waals surface area contributed by atoms with Crippen LogP contribution in [0.3, 0.4) is 0 Å². The van der Waals surface area contributed by atoms with Crippen LogP contribution in [0.4, 0.5) is 8.78 Å². The summed E-state index contributed by atoms with van der Waals surface area (Å²) in [5.74, 6) is -0.0811. The van der Waals surface area contributed by atoms with Gasteiger partial charge < -0.3 is 9.47 Å². The molecule has 0 radical (unpaired) electrons. The lowest BCUT2D eigenvalue weighted by Crippen LogP contribution is -2.04. The number of halogens is 4. The fourth-order valence-corrected chi connectivity index (χ4v) is 4.41. The monoisotopic (exact) mass is 527 g/mol. The molecule has 0 aliphatic heterocycles. The Morgan fingerprint density at radius 3 is 2.00 bits per heavy atom. The van der Waals surface area contributed by atoms with Crippen LogP contribution in [0.2, 0.25) is 10.0 Å². The number of benzene rings is 3. The third-order valence-corrected chi connectivity index (χ3v) is 6.26. The number of carbonyl (C=O) groups is 2. The molecule has 0 saturated carbocycles. The van der Waals surface area contributed by atoms with Gasteiger partial charge in [-0.15, -0.1) is 0 Å². The van der Waals surface area contributed by atoms with Gasteiger partial charge in [-0.3, -0.25) is 9.59 Å². The Morgan fingerprint density at radius 1 is 0.806 bits per heavy atom. The molecule has 4 rings (SSSR count). The number of carbonyl (C=O) groups excluding carboxylic acids is 2. The van der Waals surface area contributed by atoms with Crippen LogP contribution in [0.15, 0.2) is 66.7 Å². The quantitative estimate of drug-likeness (QED) is 0.220. The SMILES string of the molecule is COc1nc(-c2cccc(-c3cccc(-c4ccc(C=O)c(OC(F)F)c4)c3Cl)c2Cl)ccc1C=O. The molecule has 0 fully saturated rings. The van der Waals surface area contributed by atoms with Crippen LogP contribution in [-0.2, 0) is 0 Å². The van der Waals surface area contributed by atoms with E-state index in [1.54, 1.807) is 54.6 Å². The molecule has 0 N–H and O–H groups in total. The maximum absolute atomic E-state index is 12.8. The maximum atomic E-state index is 12.8. The molecule has 4 aromatic rings. The first-order valence-corrected chi connectivity index (χ1v) is 11.3. The number of hydrogen-bond donors (Lipinski definition) is 0. The van der Waals surface area contributed by atoms with Crippen LogP contribution >= 0.6 is 23.2 Å². The van der Waals surface area contributed by atoms with E-state index < -0.39 is 6.61 Å². The Kier molecular flexibility index (Phi) is 7.62. The number of hydrogen-bond acceptors (Lipinski definition) is 5. The zero-order valence-corrected chi connectivity index (χ0v) is 20.2. The summed E-state index contributed by atoms with van der Waals surface area (Å²) in [6.45, 7) is -3.09. The summed E-state index contributed by atoms with van der Waals surface area (Å²) in [5, 5.41) is 0.684. The minimum absolute atomic E-state index is 0.00870. The normalized spacial score (nSPS) is 10.8. The van der Waals surface area contributed by atoms with E-state index in [4.69, 9.17) is 27.9 Å². The molecule has 0 aliphatic carbocycles. The average Bonchev–Trinajstić information content (AvgIpc) is 2.88. The van der Waals surface area contributed by atoms with Crippen LogP contribution in [0.1, 0.15) is 20.7 Å². The fourth-order valence-electron chi connectivity index (χ4n) is 3.75. The van der Waals surface area contributed by atoms with Gasteiger partial charge in [-0.25, -0.2) is 4.98 Å². The zero-order valence-electron chi connectivity index (χ0n) is 18.7. The molecular weight excluding hydrogens is 511 g/mol. The smallest absolute Gasteiger partial charge is 0.387 e. The van der Waals surface area contributed by atoms with Crippen molar-refractivity contribution in [2.75, 3.05) is 7.11 Å². The van der Waals surface area contributed by atoms with Gasteiger partial charge >= 0.3 is 6.61 Å². The highest BCUT2D eigenvalue weighted by Crippen LogP contribution is 2.43. The minimum Gasteiger partial charge on any atom is -0.480 e.